The molecular formula is C19H29NOS. The molecule has 1 atom stereocenters. The van der Waals surface area contributed by atoms with Crippen molar-refractivity contribution in [1.29, 1.82) is 0 Å². The molecule has 1 aromatic rings. The van der Waals surface area contributed by atoms with Crippen molar-refractivity contribution in [1.82, 2.24) is 4.90 Å². The standard InChI is InChI=1S/C19H29NOS/c1-3-20(4-2)14-15-22-19(21)18(17-12-8-9-13-17)16-10-6-5-7-11-16/h5-7,10-11,17-18H,3-4,8-9,12-15H2,1-2H3/t18-/m1/s1. The number of thioether (sulfide) groups is 1. The minimum Gasteiger partial charge on any atom is -0.303 e. The first kappa shape index (κ1) is 17.6. The van der Waals surface area contributed by atoms with Gasteiger partial charge in [-0.05, 0) is 37.4 Å². The average Bonchev–Trinajstić information content (AvgIpc) is 3.07. The summed E-state index contributed by atoms with van der Waals surface area (Å²) >= 11 is 1.54. The third-order valence-electron chi connectivity index (χ3n) is 4.83. The number of hydrogen-bond acceptors (Lipinski definition) is 3. The van der Waals surface area contributed by atoms with Crippen LogP contribution in [0.3, 0.4) is 0 Å². The van der Waals surface area contributed by atoms with Crippen molar-refractivity contribution >= 4 is 16.9 Å². The molecule has 1 aromatic carbocycles. The van der Waals surface area contributed by atoms with E-state index >= 15 is 0 Å². The Morgan fingerprint density at radius 3 is 2.41 bits per heavy atom. The van der Waals surface area contributed by atoms with Crippen LogP contribution in [-0.2, 0) is 4.79 Å². The Morgan fingerprint density at radius 1 is 1.18 bits per heavy atom. The Balaban J connectivity index is 1.97. The molecule has 0 aromatic heterocycles. The second kappa shape index (κ2) is 9.36. The van der Waals surface area contributed by atoms with Crippen LogP contribution in [0.1, 0.15) is 51.0 Å². The molecule has 22 heavy (non-hydrogen) atoms. The lowest BCUT2D eigenvalue weighted by molar-refractivity contribution is -0.113. The predicted octanol–water partition coefficient (Wildman–Crippen LogP) is 4.56. The number of nitrogens with zero attached hydrogens (tertiary/aromatic N) is 1. The van der Waals surface area contributed by atoms with Gasteiger partial charge in [-0.1, -0.05) is 68.8 Å². The van der Waals surface area contributed by atoms with Crippen LogP contribution in [0.5, 0.6) is 0 Å². The molecule has 1 saturated carbocycles. The van der Waals surface area contributed by atoms with Crippen molar-refractivity contribution in [3.63, 3.8) is 0 Å². The lowest BCUT2D eigenvalue weighted by atomic mass is 9.86. The monoisotopic (exact) mass is 319 g/mol. The lowest BCUT2D eigenvalue weighted by Gasteiger charge is -2.23. The normalized spacial score (nSPS) is 17.0. The Labute approximate surface area is 139 Å². The van der Waals surface area contributed by atoms with Crippen LogP contribution in [-0.4, -0.2) is 35.4 Å². The highest BCUT2D eigenvalue weighted by molar-refractivity contribution is 8.13. The van der Waals surface area contributed by atoms with Gasteiger partial charge < -0.3 is 4.90 Å². The summed E-state index contributed by atoms with van der Waals surface area (Å²) in [5, 5.41) is 0.380. The summed E-state index contributed by atoms with van der Waals surface area (Å²) in [5.74, 6) is 1.57. The van der Waals surface area contributed by atoms with Crippen LogP contribution in [0, 0.1) is 5.92 Å². The third kappa shape index (κ3) is 4.85. The van der Waals surface area contributed by atoms with Gasteiger partial charge in [-0.25, -0.2) is 0 Å². The first-order valence-electron chi connectivity index (χ1n) is 8.70. The van der Waals surface area contributed by atoms with Gasteiger partial charge in [0.2, 0.25) is 0 Å². The Morgan fingerprint density at radius 2 is 1.82 bits per heavy atom. The highest BCUT2D eigenvalue weighted by Gasteiger charge is 2.31. The fraction of sp³-hybridized carbons (Fsp3) is 0.632. The fourth-order valence-electron chi connectivity index (χ4n) is 3.46. The van der Waals surface area contributed by atoms with Crippen LogP contribution < -0.4 is 0 Å². The maximum absolute atomic E-state index is 12.8. The summed E-state index contributed by atoms with van der Waals surface area (Å²) < 4.78 is 0. The highest BCUT2D eigenvalue weighted by Crippen LogP contribution is 2.39. The Hall–Kier alpha value is -0.800. The molecule has 0 bridgehead atoms. The van der Waals surface area contributed by atoms with Crippen molar-refractivity contribution in [2.24, 2.45) is 5.92 Å². The van der Waals surface area contributed by atoms with Gasteiger partial charge >= 0.3 is 0 Å². The van der Waals surface area contributed by atoms with E-state index in [2.05, 4.69) is 43.0 Å². The molecule has 0 spiro atoms. The van der Waals surface area contributed by atoms with Crippen LogP contribution in [0.15, 0.2) is 30.3 Å². The molecule has 122 valence electrons. The molecule has 2 rings (SSSR count). The highest BCUT2D eigenvalue weighted by atomic mass is 32.2. The molecule has 1 fully saturated rings. The third-order valence-corrected chi connectivity index (χ3v) is 5.76. The van der Waals surface area contributed by atoms with E-state index in [1.807, 2.05) is 6.07 Å². The second-order valence-electron chi connectivity index (χ2n) is 6.13. The molecule has 0 heterocycles. The first-order chi connectivity index (χ1) is 10.8. The SMILES string of the molecule is CCN(CC)CCSC(=O)[C@H](c1ccccc1)C1CCCC1. The fourth-order valence-corrected chi connectivity index (χ4v) is 4.52. The molecule has 0 amide bonds. The smallest absolute Gasteiger partial charge is 0.196 e. The van der Waals surface area contributed by atoms with Gasteiger partial charge in [0, 0.05) is 12.3 Å². The molecule has 0 saturated heterocycles. The maximum atomic E-state index is 12.8. The summed E-state index contributed by atoms with van der Waals surface area (Å²) in [5.41, 5.74) is 1.22. The van der Waals surface area contributed by atoms with Gasteiger partial charge in [-0.2, -0.15) is 0 Å². The van der Waals surface area contributed by atoms with Gasteiger partial charge in [0.25, 0.3) is 0 Å². The molecule has 1 aliphatic carbocycles. The van der Waals surface area contributed by atoms with Gasteiger partial charge in [0.05, 0.1) is 5.92 Å². The van der Waals surface area contributed by atoms with Crippen LogP contribution in [0.2, 0.25) is 0 Å². The minimum atomic E-state index is 0.102. The van der Waals surface area contributed by atoms with E-state index in [1.54, 1.807) is 11.8 Å². The van der Waals surface area contributed by atoms with Crippen molar-refractivity contribution in [3.05, 3.63) is 35.9 Å². The van der Waals surface area contributed by atoms with E-state index in [4.69, 9.17) is 0 Å². The summed E-state index contributed by atoms with van der Waals surface area (Å²) in [6, 6.07) is 10.4. The quantitative estimate of drug-likeness (QED) is 0.700. The predicted molar refractivity (Wildman–Crippen MR) is 96.4 cm³/mol. The van der Waals surface area contributed by atoms with E-state index in [9.17, 15) is 4.79 Å². The zero-order valence-corrected chi connectivity index (χ0v) is 14.8. The summed E-state index contributed by atoms with van der Waals surface area (Å²) in [6.07, 6.45) is 4.99. The zero-order valence-electron chi connectivity index (χ0n) is 14.0. The van der Waals surface area contributed by atoms with Crippen molar-refractivity contribution in [3.8, 4) is 0 Å². The summed E-state index contributed by atoms with van der Waals surface area (Å²) in [7, 11) is 0. The largest absolute Gasteiger partial charge is 0.303 e. The zero-order chi connectivity index (χ0) is 15.8. The summed E-state index contributed by atoms with van der Waals surface area (Å²) in [4.78, 5) is 15.2. The van der Waals surface area contributed by atoms with E-state index in [1.165, 1.54) is 31.2 Å². The molecule has 2 nitrogen and oxygen atoms in total. The van der Waals surface area contributed by atoms with E-state index in [0.717, 1.165) is 25.4 Å². The number of benzene rings is 1. The first-order valence-corrected chi connectivity index (χ1v) is 9.68. The maximum Gasteiger partial charge on any atom is 0.196 e. The molecule has 1 aliphatic rings. The number of carbonyl (C=O) groups is 1. The molecule has 0 aliphatic heterocycles. The van der Waals surface area contributed by atoms with Crippen molar-refractivity contribution in [2.45, 2.75) is 45.4 Å². The average molecular weight is 320 g/mol. The minimum absolute atomic E-state index is 0.102. The van der Waals surface area contributed by atoms with E-state index in [0.29, 0.717) is 11.0 Å². The van der Waals surface area contributed by atoms with Crippen LogP contribution >= 0.6 is 11.8 Å². The van der Waals surface area contributed by atoms with E-state index in [-0.39, 0.29) is 5.92 Å². The van der Waals surface area contributed by atoms with Gasteiger partial charge in [0.1, 0.15) is 0 Å². The Bertz CT molecular complexity index is 438. The van der Waals surface area contributed by atoms with E-state index < -0.39 is 0 Å². The molecular weight excluding hydrogens is 290 g/mol. The summed E-state index contributed by atoms with van der Waals surface area (Å²) in [6.45, 7) is 7.50. The van der Waals surface area contributed by atoms with Gasteiger partial charge in [-0.3, -0.25) is 4.79 Å². The van der Waals surface area contributed by atoms with Crippen LogP contribution in [0.4, 0.5) is 0 Å². The molecule has 0 unspecified atom stereocenters. The second-order valence-corrected chi connectivity index (χ2v) is 7.23. The number of rotatable bonds is 8. The molecule has 3 heteroatoms. The van der Waals surface area contributed by atoms with Crippen LogP contribution in [0.25, 0.3) is 0 Å². The molecule has 0 N–H and O–H groups in total. The van der Waals surface area contributed by atoms with Crippen molar-refractivity contribution < 1.29 is 4.79 Å². The number of hydrogen-bond donors (Lipinski definition) is 0. The topological polar surface area (TPSA) is 20.3 Å². The van der Waals surface area contributed by atoms with Gasteiger partial charge in [-0.15, -0.1) is 0 Å². The molecule has 0 radical (unpaired) electrons. The lowest BCUT2D eigenvalue weighted by Crippen LogP contribution is -2.26. The number of carbonyl (C=O) groups excluding carboxylic acids is 1. The Kier molecular flexibility index (Phi) is 7.47. The van der Waals surface area contributed by atoms with Gasteiger partial charge in [0.15, 0.2) is 5.12 Å². The van der Waals surface area contributed by atoms with Crippen molar-refractivity contribution in [2.75, 3.05) is 25.4 Å².